The summed E-state index contributed by atoms with van der Waals surface area (Å²) in [6.07, 6.45) is 4.34. The second kappa shape index (κ2) is 4.35. The zero-order valence-electron chi connectivity index (χ0n) is 14.3. The molecular weight excluding hydrogens is 260 g/mol. The number of thiophene rings is 1. The molecule has 0 radical (unpaired) electrons. The van der Waals surface area contributed by atoms with Gasteiger partial charge in [-0.25, -0.2) is 0 Å². The van der Waals surface area contributed by atoms with Crippen LogP contribution in [-0.4, -0.2) is 0 Å². The lowest BCUT2D eigenvalue weighted by atomic mass is 9.84. The standard InChI is InChI=1S/C19H30S/c1-11-12-9-8-10-13(12)15-14(11)16(18(2,3)4)20-17(15)19(5,6)7/h11-13H,8-10H2,1-7H3. The van der Waals surface area contributed by atoms with E-state index in [0.717, 1.165) is 17.8 Å². The van der Waals surface area contributed by atoms with Crippen molar-refractivity contribution in [1.82, 2.24) is 0 Å². The molecular formula is C19H30S. The first kappa shape index (κ1) is 14.6. The van der Waals surface area contributed by atoms with Gasteiger partial charge < -0.3 is 0 Å². The lowest BCUT2D eigenvalue weighted by Gasteiger charge is -2.24. The third-order valence-corrected chi connectivity index (χ3v) is 7.46. The zero-order valence-corrected chi connectivity index (χ0v) is 15.1. The smallest absolute Gasteiger partial charge is 0.0140 e. The van der Waals surface area contributed by atoms with Crippen molar-refractivity contribution in [2.75, 3.05) is 0 Å². The second-order valence-electron chi connectivity index (χ2n) is 9.08. The van der Waals surface area contributed by atoms with Crippen molar-refractivity contribution in [3.8, 4) is 0 Å². The maximum atomic E-state index is 2.50. The van der Waals surface area contributed by atoms with Crippen LogP contribution >= 0.6 is 11.3 Å². The molecule has 0 bridgehead atoms. The van der Waals surface area contributed by atoms with Crippen LogP contribution in [0.5, 0.6) is 0 Å². The van der Waals surface area contributed by atoms with Crippen LogP contribution < -0.4 is 0 Å². The molecule has 1 fully saturated rings. The van der Waals surface area contributed by atoms with E-state index in [2.05, 4.69) is 59.8 Å². The Kier molecular flexibility index (Phi) is 3.18. The van der Waals surface area contributed by atoms with Crippen LogP contribution in [0.15, 0.2) is 0 Å². The van der Waals surface area contributed by atoms with Gasteiger partial charge in [0.05, 0.1) is 0 Å². The highest BCUT2D eigenvalue weighted by atomic mass is 32.1. The van der Waals surface area contributed by atoms with Crippen LogP contribution in [0.25, 0.3) is 0 Å². The molecule has 1 heterocycles. The van der Waals surface area contributed by atoms with E-state index < -0.39 is 0 Å². The number of hydrogen-bond acceptors (Lipinski definition) is 1. The minimum absolute atomic E-state index is 0.297. The Labute approximate surface area is 129 Å². The molecule has 0 aliphatic heterocycles. The molecule has 3 atom stereocenters. The van der Waals surface area contributed by atoms with Gasteiger partial charge in [-0.15, -0.1) is 11.3 Å². The summed E-state index contributed by atoms with van der Waals surface area (Å²) < 4.78 is 0. The molecule has 1 aromatic rings. The molecule has 0 spiro atoms. The molecule has 1 saturated carbocycles. The molecule has 1 heteroatoms. The Balaban J connectivity index is 2.24. The molecule has 0 N–H and O–H groups in total. The highest BCUT2D eigenvalue weighted by Gasteiger charge is 2.47. The highest BCUT2D eigenvalue weighted by Crippen LogP contribution is 2.61. The summed E-state index contributed by atoms with van der Waals surface area (Å²) in [5.74, 6) is 2.61. The van der Waals surface area contributed by atoms with Crippen LogP contribution in [0, 0.1) is 5.92 Å². The maximum Gasteiger partial charge on any atom is 0.0140 e. The summed E-state index contributed by atoms with van der Waals surface area (Å²) in [4.78, 5) is 3.37. The summed E-state index contributed by atoms with van der Waals surface area (Å²) in [5.41, 5.74) is 4.16. The fraction of sp³-hybridized carbons (Fsp3) is 0.789. The van der Waals surface area contributed by atoms with E-state index >= 15 is 0 Å². The predicted octanol–water partition coefficient (Wildman–Crippen LogP) is 6.34. The van der Waals surface area contributed by atoms with Crippen LogP contribution in [0.1, 0.15) is 100 Å². The lowest BCUT2D eigenvalue weighted by molar-refractivity contribution is 0.449. The van der Waals surface area contributed by atoms with E-state index in [9.17, 15) is 0 Å². The minimum Gasteiger partial charge on any atom is -0.144 e. The van der Waals surface area contributed by atoms with Gasteiger partial charge in [0.25, 0.3) is 0 Å². The molecule has 2 aliphatic carbocycles. The van der Waals surface area contributed by atoms with E-state index in [1.165, 1.54) is 19.3 Å². The van der Waals surface area contributed by atoms with Gasteiger partial charge in [-0.1, -0.05) is 54.9 Å². The third kappa shape index (κ3) is 2.00. The molecule has 20 heavy (non-hydrogen) atoms. The molecule has 0 nitrogen and oxygen atoms in total. The van der Waals surface area contributed by atoms with Crippen molar-refractivity contribution in [2.24, 2.45) is 5.92 Å². The van der Waals surface area contributed by atoms with Gasteiger partial charge in [-0.2, -0.15) is 0 Å². The van der Waals surface area contributed by atoms with Crippen molar-refractivity contribution < 1.29 is 0 Å². The van der Waals surface area contributed by atoms with Crippen molar-refractivity contribution in [3.63, 3.8) is 0 Å². The van der Waals surface area contributed by atoms with Gasteiger partial charge in [-0.05, 0) is 52.6 Å². The predicted molar refractivity (Wildman–Crippen MR) is 90.2 cm³/mol. The Morgan fingerprint density at radius 1 is 0.850 bits per heavy atom. The fourth-order valence-corrected chi connectivity index (χ4v) is 6.14. The Hall–Kier alpha value is -0.300. The summed E-state index contributed by atoms with van der Waals surface area (Å²) >= 11 is 2.13. The van der Waals surface area contributed by atoms with Crippen molar-refractivity contribution in [3.05, 3.63) is 20.9 Å². The van der Waals surface area contributed by atoms with Crippen molar-refractivity contribution >= 4 is 11.3 Å². The molecule has 1 aromatic heterocycles. The molecule has 2 aliphatic rings. The van der Waals surface area contributed by atoms with Crippen LogP contribution in [-0.2, 0) is 10.8 Å². The van der Waals surface area contributed by atoms with Crippen LogP contribution in [0.4, 0.5) is 0 Å². The topological polar surface area (TPSA) is 0 Å². The largest absolute Gasteiger partial charge is 0.144 e. The van der Waals surface area contributed by atoms with E-state index in [0.29, 0.717) is 10.8 Å². The maximum absolute atomic E-state index is 2.50. The molecule has 0 aromatic carbocycles. The van der Waals surface area contributed by atoms with Gasteiger partial charge in [0.15, 0.2) is 0 Å². The quantitative estimate of drug-likeness (QED) is 0.522. The van der Waals surface area contributed by atoms with Crippen LogP contribution in [0.2, 0.25) is 0 Å². The van der Waals surface area contributed by atoms with Crippen molar-refractivity contribution in [2.45, 2.75) is 90.4 Å². The Bertz CT molecular complexity index is 521. The van der Waals surface area contributed by atoms with Gasteiger partial charge in [0.1, 0.15) is 0 Å². The molecule has 0 saturated heterocycles. The van der Waals surface area contributed by atoms with Gasteiger partial charge >= 0.3 is 0 Å². The number of rotatable bonds is 0. The first-order valence-electron chi connectivity index (χ1n) is 8.30. The monoisotopic (exact) mass is 290 g/mol. The molecule has 3 unspecified atom stereocenters. The molecule has 112 valence electrons. The van der Waals surface area contributed by atoms with Crippen molar-refractivity contribution in [1.29, 1.82) is 0 Å². The summed E-state index contributed by atoms with van der Waals surface area (Å²) in [6.45, 7) is 16.9. The van der Waals surface area contributed by atoms with E-state index in [4.69, 9.17) is 0 Å². The Morgan fingerprint density at radius 2 is 1.40 bits per heavy atom. The average Bonchev–Trinajstić information content (AvgIpc) is 2.92. The highest BCUT2D eigenvalue weighted by molar-refractivity contribution is 7.12. The van der Waals surface area contributed by atoms with E-state index in [1.54, 1.807) is 20.9 Å². The van der Waals surface area contributed by atoms with E-state index in [-0.39, 0.29) is 0 Å². The average molecular weight is 291 g/mol. The Morgan fingerprint density at radius 3 is 1.95 bits per heavy atom. The normalized spacial score (nSPS) is 29.6. The summed E-state index contributed by atoms with van der Waals surface area (Å²) in [5, 5.41) is 0. The molecule has 3 rings (SSSR count). The lowest BCUT2D eigenvalue weighted by Crippen LogP contribution is -2.14. The van der Waals surface area contributed by atoms with Crippen LogP contribution in [0.3, 0.4) is 0 Å². The van der Waals surface area contributed by atoms with E-state index in [1.807, 2.05) is 0 Å². The third-order valence-electron chi connectivity index (χ3n) is 5.38. The molecule has 0 amide bonds. The van der Waals surface area contributed by atoms with Gasteiger partial charge in [-0.3, -0.25) is 0 Å². The fourth-order valence-electron chi connectivity index (χ4n) is 4.55. The summed E-state index contributed by atoms with van der Waals surface area (Å²) in [6, 6.07) is 0. The number of hydrogen-bond donors (Lipinski definition) is 0. The minimum atomic E-state index is 0.297. The van der Waals surface area contributed by atoms with Gasteiger partial charge in [0.2, 0.25) is 0 Å². The first-order valence-corrected chi connectivity index (χ1v) is 9.11. The zero-order chi connectivity index (χ0) is 14.9. The SMILES string of the molecule is CC1c2c(C(C)(C)C)sc(C(C)(C)C)c2C2CCCC12. The first-order chi connectivity index (χ1) is 9.12. The number of fused-ring (bicyclic) bond motifs is 3. The summed E-state index contributed by atoms with van der Waals surface area (Å²) in [7, 11) is 0. The second-order valence-corrected chi connectivity index (χ2v) is 10.1. The van der Waals surface area contributed by atoms with Gasteiger partial charge in [0, 0.05) is 9.75 Å².